The van der Waals surface area contributed by atoms with E-state index in [9.17, 15) is 27.6 Å². The largest absolute Gasteiger partial charge is 0.495 e. The first-order chi connectivity index (χ1) is 28.2. The molecule has 0 radical (unpaired) electrons. The Morgan fingerprint density at radius 3 is 2.33 bits per heavy atom. The van der Waals surface area contributed by atoms with Crippen LogP contribution >= 0.6 is 11.6 Å². The number of ether oxygens (including phenoxy) is 3. The molecule has 5 atom stereocenters. The number of amides is 4. The van der Waals surface area contributed by atoms with Crippen molar-refractivity contribution < 1.29 is 46.2 Å². The molecule has 0 bridgehead atoms. The van der Waals surface area contributed by atoms with Gasteiger partial charge in [0.15, 0.2) is 11.3 Å². The molecule has 2 aromatic heterocycles. The summed E-state index contributed by atoms with van der Waals surface area (Å²) in [6, 6.07) is 12.2. The van der Waals surface area contributed by atoms with Crippen LogP contribution in [0.4, 0.5) is 4.79 Å². The first-order valence-corrected chi connectivity index (χ1v) is 22.1. The van der Waals surface area contributed by atoms with Gasteiger partial charge in [-0.05, 0) is 63.5 Å². The number of methoxy groups -OCH3 is 1. The zero-order valence-electron chi connectivity index (χ0n) is 35.0. The number of carbonyl (C=O) groups excluding carboxylic acids is 4. The Kier molecular flexibility index (Phi) is 11.3. The van der Waals surface area contributed by atoms with E-state index in [0.717, 1.165) is 5.56 Å². The molecule has 60 heavy (non-hydrogen) atoms. The Morgan fingerprint density at radius 1 is 1.03 bits per heavy atom. The maximum Gasteiger partial charge on any atom is 0.408 e. The molecule has 15 nitrogen and oxygen atoms in total. The Bertz CT molecular complexity index is 2460. The lowest BCUT2D eigenvalue weighted by Gasteiger charge is -2.36. The molecular weight excluding hydrogens is 814 g/mol. The fraction of sp³-hybridized carbons (Fsp3) is 0.512. The molecule has 3 aliphatic rings. The molecule has 1 unspecified atom stereocenters. The van der Waals surface area contributed by atoms with Crippen LogP contribution in [0.5, 0.6) is 11.5 Å². The molecule has 1 saturated heterocycles. The normalized spacial score (nSPS) is 22.3. The average Bonchev–Trinajstić information content (AvgIpc) is 4.08. The first-order valence-electron chi connectivity index (χ1n) is 20.2. The minimum Gasteiger partial charge on any atom is -0.495 e. The molecule has 2 aromatic carbocycles. The summed E-state index contributed by atoms with van der Waals surface area (Å²) in [6.45, 7) is 12.2. The first kappa shape index (κ1) is 43.0. The third-order valence-corrected chi connectivity index (χ3v) is 13.4. The zero-order valence-corrected chi connectivity index (χ0v) is 36.6. The van der Waals surface area contributed by atoms with Crippen LogP contribution in [-0.2, 0) is 29.1 Å². The molecule has 4 aromatic rings. The van der Waals surface area contributed by atoms with Crippen molar-refractivity contribution in [3.63, 3.8) is 0 Å². The summed E-state index contributed by atoms with van der Waals surface area (Å²) in [5.74, 6) is -1.68. The van der Waals surface area contributed by atoms with E-state index in [4.69, 9.17) is 35.2 Å². The van der Waals surface area contributed by atoms with Crippen molar-refractivity contribution in [2.24, 2.45) is 11.3 Å². The fourth-order valence-electron chi connectivity index (χ4n) is 7.82. The maximum atomic E-state index is 14.8. The van der Waals surface area contributed by atoms with Crippen molar-refractivity contribution in [2.75, 3.05) is 13.7 Å². The van der Waals surface area contributed by atoms with Gasteiger partial charge in [0, 0.05) is 18.1 Å². The van der Waals surface area contributed by atoms with Gasteiger partial charge in [0.25, 0.3) is 5.91 Å². The zero-order chi connectivity index (χ0) is 43.5. The van der Waals surface area contributed by atoms with Gasteiger partial charge in [0.1, 0.15) is 46.2 Å². The summed E-state index contributed by atoms with van der Waals surface area (Å²) in [6.07, 6.45) is -0.0286. The quantitative estimate of drug-likeness (QED) is 0.141. The molecule has 3 fully saturated rings. The summed E-state index contributed by atoms with van der Waals surface area (Å²) in [4.78, 5) is 62.5. The molecule has 17 heteroatoms. The van der Waals surface area contributed by atoms with E-state index in [1.807, 2.05) is 37.3 Å². The number of sulfonamides is 1. The fourth-order valence-corrected chi connectivity index (χ4v) is 9.51. The molecule has 4 amide bonds. The summed E-state index contributed by atoms with van der Waals surface area (Å²) < 4.78 is 52.0. The monoisotopic (exact) mass is 865 g/mol. The molecule has 2 aliphatic carbocycles. The van der Waals surface area contributed by atoms with Crippen LogP contribution in [0, 0.1) is 11.3 Å². The molecule has 7 rings (SSSR count). The number of halogens is 1. The number of aromatic nitrogens is 1. The summed E-state index contributed by atoms with van der Waals surface area (Å²) >= 11 is 6.83. The molecule has 3 N–H and O–H groups in total. The summed E-state index contributed by atoms with van der Waals surface area (Å²) in [5.41, 5.74) is -0.754. The maximum absolute atomic E-state index is 14.8. The predicted molar refractivity (Wildman–Crippen MR) is 225 cm³/mol. The lowest BCUT2D eigenvalue weighted by molar-refractivity contribution is -0.143. The van der Waals surface area contributed by atoms with Crippen LogP contribution in [0.1, 0.15) is 80.6 Å². The third kappa shape index (κ3) is 8.58. The van der Waals surface area contributed by atoms with Gasteiger partial charge in [-0.3, -0.25) is 19.1 Å². The van der Waals surface area contributed by atoms with Crippen LogP contribution < -0.4 is 24.8 Å². The Hall–Kier alpha value is -5.09. The minimum absolute atomic E-state index is 0.0327. The van der Waals surface area contributed by atoms with Crippen LogP contribution in [0.2, 0.25) is 5.02 Å². The number of pyridine rings is 1. The Balaban J connectivity index is 1.26. The molecular formula is C43H52ClN5O10S. The number of benzene rings is 2. The Morgan fingerprint density at radius 2 is 1.73 bits per heavy atom. The van der Waals surface area contributed by atoms with Gasteiger partial charge < -0.3 is 34.2 Å². The highest BCUT2D eigenvalue weighted by Gasteiger charge is 2.62. The standard InChI is InChI=1S/C43H52ClN5O10S/c1-9-24-21-43(24,39(52)48-60(54,55)26-15-16-26)47-37(50)28-19-25(22-49(28)38(51)36(41(2,3)4)46-40(53)59-42(5,6)7)57-31-20-27(23-13-11-10-12-14-23)45-34-32-29(58-35(31)34)17-18-30(56-8)33(32)44/h10-14,17-18,20,24-26,28,36H,9,15-16,19,21-22H2,1-8H3,(H,46,53)(H,47,50)(H,48,52)/t24-,25-,28+,36-,43?/m1/s1. The number of likely N-dealkylation sites (tertiary alicyclic amines) is 1. The number of hydrogen-bond acceptors (Lipinski definition) is 11. The second kappa shape index (κ2) is 15.7. The molecule has 1 aliphatic heterocycles. The summed E-state index contributed by atoms with van der Waals surface area (Å²) in [7, 11) is -2.40. The van der Waals surface area contributed by atoms with Gasteiger partial charge in [-0.25, -0.2) is 18.2 Å². The van der Waals surface area contributed by atoms with E-state index in [2.05, 4.69) is 15.4 Å². The number of alkyl carbamates (subject to hydrolysis) is 1. The van der Waals surface area contributed by atoms with E-state index in [0.29, 0.717) is 52.2 Å². The highest BCUT2D eigenvalue weighted by atomic mass is 35.5. The van der Waals surface area contributed by atoms with E-state index in [1.54, 1.807) is 59.7 Å². The minimum atomic E-state index is -3.91. The lowest BCUT2D eigenvalue weighted by Crippen LogP contribution is -2.60. The molecule has 2 saturated carbocycles. The van der Waals surface area contributed by atoms with Crippen LogP contribution in [0.15, 0.2) is 52.9 Å². The molecule has 3 heterocycles. The number of fused-ring (bicyclic) bond motifs is 3. The number of furan rings is 1. The van der Waals surface area contributed by atoms with E-state index >= 15 is 0 Å². The van der Waals surface area contributed by atoms with Crippen molar-refractivity contribution in [3.8, 4) is 22.8 Å². The van der Waals surface area contributed by atoms with E-state index in [-0.39, 0.29) is 36.6 Å². The summed E-state index contributed by atoms with van der Waals surface area (Å²) in [5, 5.41) is 5.77. The number of rotatable bonds is 12. The number of hydrogen-bond donors (Lipinski definition) is 3. The van der Waals surface area contributed by atoms with Gasteiger partial charge in [-0.15, -0.1) is 0 Å². The van der Waals surface area contributed by atoms with E-state index in [1.165, 1.54) is 12.0 Å². The van der Waals surface area contributed by atoms with Crippen molar-refractivity contribution in [3.05, 3.63) is 53.6 Å². The van der Waals surface area contributed by atoms with Crippen LogP contribution in [0.25, 0.3) is 33.3 Å². The number of nitrogens with one attached hydrogen (secondary N) is 3. The van der Waals surface area contributed by atoms with E-state index < -0.39 is 73.8 Å². The molecule has 322 valence electrons. The third-order valence-electron chi connectivity index (χ3n) is 11.2. The second-order valence-corrected chi connectivity index (χ2v) is 20.3. The van der Waals surface area contributed by atoms with Gasteiger partial charge in [0.05, 0.1) is 35.0 Å². The lowest BCUT2D eigenvalue weighted by atomic mass is 9.85. The second-order valence-electron chi connectivity index (χ2n) is 18.0. The van der Waals surface area contributed by atoms with Gasteiger partial charge in [-0.1, -0.05) is 76.0 Å². The van der Waals surface area contributed by atoms with Crippen molar-refractivity contribution >= 4 is 67.5 Å². The van der Waals surface area contributed by atoms with Crippen LogP contribution in [0.3, 0.4) is 0 Å². The Labute approximate surface area is 354 Å². The van der Waals surface area contributed by atoms with Gasteiger partial charge in [-0.2, -0.15) is 0 Å². The number of nitrogens with zero attached hydrogens (tertiary/aromatic N) is 2. The highest BCUT2D eigenvalue weighted by molar-refractivity contribution is 7.91. The topological polar surface area (TPSA) is 195 Å². The van der Waals surface area contributed by atoms with Crippen molar-refractivity contribution in [1.82, 2.24) is 25.2 Å². The number of carbonyl (C=O) groups is 4. The van der Waals surface area contributed by atoms with Crippen LogP contribution in [-0.4, -0.2) is 90.3 Å². The van der Waals surface area contributed by atoms with Gasteiger partial charge in [0.2, 0.25) is 21.8 Å². The van der Waals surface area contributed by atoms with Gasteiger partial charge >= 0.3 is 6.09 Å². The molecule has 0 spiro atoms. The average molecular weight is 866 g/mol. The van der Waals surface area contributed by atoms with Crippen molar-refractivity contribution in [1.29, 1.82) is 0 Å². The predicted octanol–water partition coefficient (Wildman–Crippen LogP) is 6.49. The smallest absolute Gasteiger partial charge is 0.408 e. The SMILES string of the molecule is CC[C@@H]1CC1(NC(=O)[C@@H]1C[C@@H](Oc2cc(-c3ccccc3)nc3c2oc2ccc(OC)c(Cl)c23)CN1C(=O)[C@@H](NC(=O)OC(C)(C)C)C(C)(C)C)C(=O)NS(=O)(=O)C1CC1. The van der Waals surface area contributed by atoms with Crippen molar-refractivity contribution in [2.45, 2.75) is 115 Å². The highest BCUT2D eigenvalue weighted by Crippen LogP contribution is 2.47.